The monoisotopic (exact) mass is 486 g/mol. The van der Waals surface area contributed by atoms with Crippen LogP contribution in [-0.4, -0.2) is 137 Å². The van der Waals surface area contributed by atoms with E-state index in [-0.39, 0.29) is 31.3 Å². The minimum absolute atomic E-state index is 0.0710. The number of hydrogen-bond acceptors (Lipinski definition) is 8. The second-order valence-electron chi connectivity index (χ2n) is 10.4. The molecule has 11 heteroatoms. The molecule has 1 aliphatic heterocycles. The summed E-state index contributed by atoms with van der Waals surface area (Å²) >= 11 is 0. The first-order chi connectivity index (χ1) is 15.7. The maximum atomic E-state index is 12.5. The first kappa shape index (κ1) is 30.0. The molecule has 1 saturated heterocycles. The highest BCUT2D eigenvalue weighted by atomic mass is 16.4. The number of carbonyl (C=O) groups is 4. The van der Waals surface area contributed by atoms with Gasteiger partial charge in [-0.25, -0.2) is 0 Å². The molecule has 11 nitrogen and oxygen atoms in total. The van der Waals surface area contributed by atoms with Gasteiger partial charge in [-0.3, -0.25) is 38.8 Å². The van der Waals surface area contributed by atoms with Gasteiger partial charge in [-0.1, -0.05) is 34.6 Å². The first-order valence-electron chi connectivity index (χ1n) is 11.8. The van der Waals surface area contributed by atoms with Gasteiger partial charge in [0.05, 0.1) is 19.6 Å². The van der Waals surface area contributed by atoms with Crippen LogP contribution in [0.15, 0.2) is 0 Å². The summed E-state index contributed by atoms with van der Waals surface area (Å²) in [5, 5.41) is 28.6. The maximum Gasteiger partial charge on any atom is 0.321 e. The Morgan fingerprint density at radius 2 is 1.03 bits per heavy atom. The first-order valence-corrected chi connectivity index (χ1v) is 11.8. The van der Waals surface area contributed by atoms with Crippen LogP contribution in [0.4, 0.5) is 0 Å². The third-order valence-corrected chi connectivity index (χ3v) is 6.03. The van der Waals surface area contributed by atoms with Gasteiger partial charge in [0.2, 0.25) is 0 Å². The van der Waals surface area contributed by atoms with Gasteiger partial charge < -0.3 is 15.3 Å². The largest absolute Gasteiger partial charge is 0.480 e. The van der Waals surface area contributed by atoms with Gasteiger partial charge in [0, 0.05) is 58.3 Å². The smallest absolute Gasteiger partial charge is 0.321 e. The molecule has 0 aromatic rings. The molecule has 0 spiro atoms. The molecular formula is C23H42N4O7. The molecule has 0 bridgehead atoms. The average molecular weight is 487 g/mol. The van der Waals surface area contributed by atoms with Gasteiger partial charge in [-0.15, -0.1) is 0 Å². The van der Waals surface area contributed by atoms with E-state index in [2.05, 4.69) is 0 Å². The Morgan fingerprint density at radius 3 is 1.32 bits per heavy atom. The fourth-order valence-electron chi connectivity index (χ4n) is 4.15. The molecule has 0 aromatic heterocycles. The van der Waals surface area contributed by atoms with Gasteiger partial charge in [-0.2, -0.15) is 0 Å². The van der Waals surface area contributed by atoms with Crippen molar-refractivity contribution in [3.8, 4) is 0 Å². The van der Waals surface area contributed by atoms with Crippen molar-refractivity contribution in [2.24, 2.45) is 11.3 Å². The molecule has 0 amide bonds. The van der Waals surface area contributed by atoms with E-state index in [1.165, 1.54) is 0 Å². The summed E-state index contributed by atoms with van der Waals surface area (Å²) in [5.74, 6) is -2.98. The lowest BCUT2D eigenvalue weighted by Gasteiger charge is -2.40. The zero-order valence-electron chi connectivity index (χ0n) is 21.2. The van der Waals surface area contributed by atoms with Crippen LogP contribution in [0.25, 0.3) is 0 Å². The van der Waals surface area contributed by atoms with E-state index in [0.29, 0.717) is 52.4 Å². The molecule has 0 aliphatic carbocycles. The summed E-state index contributed by atoms with van der Waals surface area (Å²) in [5.41, 5.74) is -0.558. The molecule has 1 fully saturated rings. The molecule has 1 unspecified atom stereocenters. The van der Waals surface area contributed by atoms with Crippen molar-refractivity contribution < 1.29 is 34.5 Å². The number of carboxylic acid groups (broad SMARTS) is 3. The number of aliphatic carboxylic acids is 3. The molecule has 3 N–H and O–H groups in total. The molecule has 34 heavy (non-hydrogen) atoms. The van der Waals surface area contributed by atoms with E-state index in [0.717, 1.165) is 0 Å². The number of hydrogen-bond donors (Lipinski definition) is 3. The lowest BCUT2D eigenvalue weighted by Crippen LogP contribution is -2.55. The Bertz CT molecular complexity index is 708. The standard InChI is InChI=1S/C23H42N4O7/c1-17(2)18(28)14-24-6-7-25(15-19(29)30)8-9-26(16-20(31)32)11-13-27(12-10-24)21(22(33)34)23(3,4)5/h17,21H,6-16H2,1-5H3,(H,29,30)(H,31,32)(H,33,34). The second-order valence-corrected chi connectivity index (χ2v) is 10.4. The predicted octanol–water partition coefficient (Wildman–Crippen LogP) is 0.102. The van der Waals surface area contributed by atoms with Crippen molar-refractivity contribution in [2.45, 2.75) is 40.7 Å². The van der Waals surface area contributed by atoms with Crippen LogP contribution in [0.2, 0.25) is 0 Å². The Labute approximate surface area is 202 Å². The molecule has 1 aliphatic rings. The highest BCUT2D eigenvalue weighted by molar-refractivity contribution is 5.82. The van der Waals surface area contributed by atoms with E-state index in [4.69, 9.17) is 0 Å². The third kappa shape index (κ3) is 10.9. The van der Waals surface area contributed by atoms with E-state index in [1.54, 1.807) is 9.80 Å². The predicted molar refractivity (Wildman–Crippen MR) is 127 cm³/mol. The van der Waals surface area contributed by atoms with Crippen LogP contribution in [-0.2, 0) is 19.2 Å². The summed E-state index contributed by atoms with van der Waals surface area (Å²) in [6.45, 7) is 12.1. The summed E-state index contributed by atoms with van der Waals surface area (Å²) in [4.78, 5) is 54.7. The van der Waals surface area contributed by atoms with Crippen molar-refractivity contribution in [3.63, 3.8) is 0 Å². The summed E-state index contributed by atoms with van der Waals surface area (Å²) < 4.78 is 0. The number of carboxylic acids is 3. The van der Waals surface area contributed by atoms with Gasteiger partial charge in [-0.05, 0) is 5.41 Å². The van der Waals surface area contributed by atoms with E-state index in [1.807, 2.05) is 44.4 Å². The molecule has 1 atom stereocenters. The van der Waals surface area contributed by atoms with Crippen molar-refractivity contribution >= 4 is 23.7 Å². The molecule has 0 aromatic carbocycles. The van der Waals surface area contributed by atoms with Crippen LogP contribution in [0.1, 0.15) is 34.6 Å². The molecule has 0 saturated carbocycles. The van der Waals surface area contributed by atoms with Gasteiger partial charge in [0.15, 0.2) is 0 Å². The molecule has 0 radical (unpaired) electrons. The highest BCUT2D eigenvalue weighted by Crippen LogP contribution is 2.25. The zero-order chi connectivity index (χ0) is 26.1. The van der Waals surface area contributed by atoms with Crippen molar-refractivity contribution in [1.29, 1.82) is 0 Å². The van der Waals surface area contributed by atoms with E-state index >= 15 is 0 Å². The second kappa shape index (κ2) is 13.7. The van der Waals surface area contributed by atoms with Crippen LogP contribution in [0.3, 0.4) is 0 Å². The van der Waals surface area contributed by atoms with Crippen molar-refractivity contribution in [3.05, 3.63) is 0 Å². The Balaban J connectivity index is 3.21. The number of carbonyl (C=O) groups excluding carboxylic acids is 1. The minimum atomic E-state index is -0.993. The Hall–Kier alpha value is -2.08. The van der Waals surface area contributed by atoms with Gasteiger partial charge in [0.25, 0.3) is 0 Å². The normalized spacial score (nSPS) is 19.8. The number of ketones is 1. The Kier molecular flexibility index (Phi) is 12.1. The zero-order valence-corrected chi connectivity index (χ0v) is 21.2. The molecule has 1 heterocycles. The summed E-state index contributed by atoms with van der Waals surface area (Å²) in [6, 6.07) is -0.784. The molecule has 196 valence electrons. The fourth-order valence-corrected chi connectivity index (χ4v) is 4.15. The number of nitrogens with zero attached hydrogens (tertiary/aromatic N) is 4. The Morgan fingerprint density at radius 1 is 0.676 bits per heavy atom. The fraction of sp³-hybridized carbons (Fsp3) is 0.826. The topological polar surface area (TPSA) is 142 Å². The average Bonchev–Trinajstić information content (AvgIpc) is 2.67. The van der Waals surface area contributed by atoms with Crippen molar-refractivity contribution in [2.75, 3.05) is 72.0 Å². The van der Waals surface area contributed by atoms with E-state index in [9.17, 15) is 34.5 Å². The minimum Gasteiger partial charge on any atom is -0.480 e. The lowest BCUT2D eigenvalue weighted by molar-refractivity contribution is -0.148. The van der Waals surface area contributed by atoms with Crippen LogP contribution in [0, 0.1) is 11.3 Å². The number of Topliss-reactive ketones (excluding diaryl/α,β-unsaturated/α-hetero) is 1. The van der Waals surface area contributed by atoms with Gasteiger partial charge >= 0.3 is 17.9 Å². The summed E-state index contributed by atoms with van der Waals surface area (Å²) in [6.07, 6.45) is 0. The highest BCUT2D eigenvalue weighted by Gasteiger charge is 2.37. The molecular weight excluding hydrogens is 444 g/mol. The number of rotatable bonds is 9. The maximum absolute atomic E-state index is 12.5. The van der Waals surface area contributed by atoms with Crippen LogP contribution < -0.4 is 0 Å². The van der Waals surface area contributed by atoms with E-state index < -0.39 is 29.4 Å². The third-order valence-electron chi connectivity index (χ3n) is 6.03. The van der Waals surface area contributed by atoms with Crippen LogP contribution >= 0.6 is 0 Å². The van der Waals surface area contributed by atoms with Gasteiger partial charge in [0.1, 0.15) is 11.8 Å². The van der Waals surface area contributed by atoms with Crippen LogP contribution in [0.5, 0.6) is 0 Å². The lowest BCUT2D eigenvalue weighted by atomic mass is 9.85. The SMILES string of the molecule is CC(C)C(=O)CN1CCN(CC(=O)O)CCN(CC(=O)O)CCN(C(C(=O)O)C(C)(C)C)CC1. The molecule has 1 rings (SSSR count). The summed E-state index contributed by atoms with van der Waals surface area (Å²) in [7, 11) is 0. The quantitative estimate of drug-likeness (QED) is 0.408. The van der Waals surface area contributed by atoms with Crippen molar-refractivity contribution in [1.82, 2.24) is 19.6 Å².